The van der Waals surface area contributed by atoms with Crippen LogP contribution in [0.2, 0.25) is 0 Å². The number of carbonyl (C=O) groups excluding carboxylic acids is 1. The minimum atomic E-state index is -0.554. The van der Waals surface area contributed by atoms with Crippen molar-refractivity contribution in [2.24, 2.45) is 0 Å². The molecule has 0 saturated heterocycles. The molecule has 1 amide bonds. The number of aryl methyl sites for hydroxylation is 1. The van der Waals surface area contributed by atoms with Gasteiger partial charge in [-0.15, -0.1) is 0 Å². The molecule has 2 aromatic carbocycles. The number of nitrogens with one attached hydrogen (secondary N) is 1. The van der Waals surface area contributed by atoms with E-state index in [4.69, 9.17) is 5.73 Å². The van der Waals surface area contributed by atoms with Crippen molar-refractivity contribution in [1.29, 1.82) is 0 Å². The molecular weight excluding hydrogens is 311 g/mol. The fourth-order valence-electron chi connectivity index (χ4n) is 1.61. The van der Waals surface area contributed by atoms with Crippen molar-refractivity contribution in [2.75, 3.05) is 11.1 Å². The van der Waals surface area contributed by atoms with Gasteiger partial charge in [0.1, 0.15) is 5.82 Å². The maximum Gasteiger partial charge on any atom is 0.255 e. The molecule has 19 heavy (non-hydrogen) atoms. The molecule has 0 fully saturated rings. The Morgan fingerprint density at radius 2 is 2.00 bits per heavy atom. The van der Waals surface area contributed by atoms with Crippen molar-refractivity contribution in [2.45, 2.75) is 6.92 Å². The summed E-state index contributed by atoms with van der Waals surface area (Å²) in [4.78, 5) is 12.0. The van der Waals surface area contributed by atoms with Crippen LogP contribution in [0.4, 0.5) is 15.8 Å². The molecule has 2 rings (SSSR count). The normalized spacial score (nSPS) is 10.3. The van der Waals surface area contributed by atoms with E-state index < -0.39 is 5.82 Å². The molecule has 0 aliphatic heterocycles. The molecule has 2 aromatic rings. The van der Waals surface area contributed by atoms with Gasteiger partial charge in [-0.05, 0) is 48.9 Å². The molecule has 0 aliphatic carbocycles. The van der Waals surface area contributed by atoms with Gasteiger partial charge in [-0.2, -0.15) is 0 Å². The highest BCUT2D eigenvalue weighted by atomic mass is 79.9. The first-order valence-corrected chi connectivity index (χ1v) is 6.39. The third-order valence-electron chi connectivity index (χ3n) is 2.66. The van der Waals surface area contributed by atoms with E-state index >= 15 is 0 Å². The molecule has 0 heterocycles. The van der Waals surface area contributed by atoms with Crippen LogP contribution >= 0.6 is 15.9 Å². The second-order valence-electron chi connectivity index (χ2n) is 4.16. The van der Waals surface area contributed by atoms with Gasteiger partial charge >= 0.3 is 0 Å². The maximum absolute atomic E-state index is 13.6. The summed E-state index contributed by atoms with van der Waals surface area (Å²) in [5.41, 5.74) is 7.28. The second kappa shape index (κ2) is 5.40. The van der Waals surface area contributed by atoms with Crippen LogP contribution < -0.4 is 11.1 Å². The summed E-state index contributed by atoms with van der Waals surface area (Å²) < 4.78 is 14.5. The highest BCUT2D eigenvalue weighted by Crippen LogP contribution is 2.20. The van der Waals surface area contributed by atoms with E-state index in [2.05, 4.69) is 21.2 Å². The van der Waals surface area contributed by atoms with Crippen molar-refractivity contribution in [3.8, 4) is 0 Å². The third-order valence-corrected chi connectivity index (χ3v) is 3.55. The van der Waals surface area contributed by atoms with E-state index in [1.54, 1.807) is 18.2 Å². The van der Waals surface area contributed by atoms with Crippen molar-refractivity contribution in [3.05, 3.63) is 57.8 Å². The predicted octanol–water partition coefficient (Wildman–Crippen LogP) is 3.73. The molecule has 0 bridgehead atoms. The maximum atomic E-state index is 13.6. The third kappa shape index (κ3) is 3.12. The van der Waals surface area contributed by atoms with Gasteiger partial charge in [0.05, 0.1) is 5.69 Å². The molecule has 3 N–H and O–H groups in total. The number of amides is 1. The van der Waals surface area contributed by atoms with E-state index in [0.29, 0.717) is 11.3 Å². The predicted molar refractivity (Wildman–Crippen MR) is 77.6 cm³/mol. The van der Waals surface area contributed by atoms with Crippen LogP contribution in [0.25, 0.3) is 0 Å². The molecule has 3 nitrogen and oxygen atoms in total. The van der Waals surface area contributed by atoms with Gasteiger partial charge in [-0.3, -0.25) is 4.79 Å². The SMILES string of the molecule is Cc1cc(C(=O)Nc2ccc(N)cc2F)ccc1Br. The van der Waals surface area contributed by atoms with Gasteiger partial charge in [0.25, 0.3) is 5.91 Å². The Bertz CT molecular complexity index is 643. The Morgan fingerprint density at radius 1 is 1.26 bits per heavy atom. The Hall–Kier alpha value is -1.88. The van der Waals surface area contributed by atoms with E-state index in [1.807, 2.05) is 6.92 Å². The number of carbonyl (C=O) groups is 1. The van der Waals surface area contributed by atoms with Gasteiger partial charge in [0, 0.05) is 15.7 Å². The monoisotopic (exact) mass is 322 g/mol. The van der Waals surface area contributed by atoms with E-state index in [9.17, 15) is 9.18 Å². The Balaban J connectivity index is 2.23. The Kier molecular flexibility index (Phi) is 3.85. The molecule has 0 atom stereocenters. The number of halogens is 2. The van der Waals surface area contributed by atoms with Gasteiger partial charge in [0.15, 0.2) is 0 Å². The second-order valence-corrected chi connectivity index (χ2v) is 5.01. The molecule has 0 radical (unpaired) electrons. The zero-order chi connectivity index (χ0) is 14.0. The summed E-state index contributed by atoms with van der Waals surface area (Å²) in [6.45, 7) is 1.88. The summed E-state index contributed by atoms with van der Waals surface area (Å²) in [5, 5.41) is 2.52. The number of hydrogen-bond donors (Lipinski definition) is 2. The van der Waals surface area contributed by atoms with Gasteiger partial charge in [-0.25, -0.2) is 4.39 Å². The summed E-state index contributed by atoms with van der Waals surface area (Å²) in [6.07, 6.45) is 0. The first kappa shape index (κ1) is 13.5. The molecule has 0 spiro atoms. The lowest BCUT2D eigenvalue weighted by Gasteiger charge is -2.08. The number of anilines is 2. The van der Waals surface area contributed by atoms with Crippen molar-refractivity contribution in [1.82, 2.24) is 0 Å². The fraction of sp³-hybridized carbons (Fsp3) is 0.0714. The quantitative estimate of drug-likeness (QED) is 0.828. The molecule has 5 heteroatoms. The minimum absolute atomic E-state index is 0.111. The average Bonchev–Trinajstić information content (AvgIpc) is 2.36. The zero-order valence-corrected chi connectivity index (χ0v) is 11.8. The minimum Gasteiger partial charge on any atom is -0.399 e. The van der Waals surface area contributed by atoms with Gasteiger partial charge in [0.2, 0.25) is 0 Å². The van der Waals surface area contributed by atoms with Crippen LogP contribution in [0.15, 0.2) is 40.9 Å². The molecule has 98 valence electrons. The van der Waals surface area contributed by atoms with E-state index in [-0.39, 0.29) is 11.6 Å². The number of nitrogens with two attached hydrogens (primary N) is 1. The lowest BCUT2D eigenvalue weighted by molar-refractivity contribution is 0.102. The standard InChI is InChI=1S/C14H12BrFN2O/c1-8-6-9(2-4-11(8)15)14(19)18-13-5-3-10(17)7-12(13)16/h2-7H,17H2,1H3,(H,18,19). The average molecular weight is 323 g/mol. The van der Waals surface area contributed by atoms with Gasteiger partial charge < -0.3 is 11.1 Å². The number of nitrogen functional groups attached to an aromatic ring is 1. The molecular formula is C14H12BrFN2O. The smallest absolute Gasteiger partial charge is 0.255 e. The van der Waals surface area contributed by atoms with Crippen LogP contribution in [0.5, 0.6) is 0 Å². The first-order valence-electron chi connectivity index (χ1n) is 5.60. The van der Waals surface area contributed by atoms with Crippen LogP contribution in [0.3, 0.4) is 0 Å². The number of benzene rings is 2. The number of rotatable bonds is 2. The van der Waals surface area contributed by atoms with Crippen LogP contribution in [0.1, 0.15) is 15.9 Å². The molecule has 0 aromatic heterocycles. The van der Waals surface area contributed by atoms with Crippen molar-refractivity contribution >= 4 is 33.2 Å². The summed E-state index contributed by atoms with van der Waals surface area (Å²) in [5.74, 6) is -0.915. The molecule has 0 saturated carbocycles. The molecule has 0 unspecified atom stereocenters. The summed E-state index contributed by atoms with van der Waals surface area (Å²) >= 11 is 3.36. The Labute approximate surface area is 118 Å². The first-order chi connectivity index (χ1) is 8.97. The zero-order valence-electron chi connectivity index (χ0n) is 10.2. The van der Waals surface area contributed by atoms with Crippen LogP contribution in [-0.4, -0.2) is 5.91 Å². The largest absolute Gasteiger partial charge is 0.399 e. The van der Waals surface area contributed by atoms with Crippen LogP contribution in [0, 0.1) is 12.7 Å². The topological polar surface area (TPSA) is 55.1 Å². The fourth-order valence-corrected chi connectivity index (χ4v) is 1.86. The van der Waals surface area contributed by atoms with Gasteiger partial charge in [-0.1, -0.05) is 15.9 Å². The van der Waals surface area contributed by atoms with Crippen LogP contribution in [-0.2, 0) is 0 Å². The van der Waals surface area contributed by atoms with E-state index in [1.165, 1.54) is 18.2 Å². The number of hydrogen-bond acceptors (Lipinski definition) is 2. The van der Waals surface area contributed by atoms with Crippen molar-refractivity contribution in [3.63, 3.8) is 0 Å². The highest BCUT2D eigenvalue weighted by Gasteiger charge is 2.10. The summed E-state index contributed by atoms with van der Waals surface area (Å²) in [7, 11) is 0. The highest BCUT2D eigenvalue weighted by molar-refractivity contribution is 9.10. The Morgan fingerprint density at radius 3 is 2.63 bits per heavy atom. The van der Waals surface area contributed by atoms with Crippen molar-refractivity contribution < 1.29 is 9.18 Å². The lowest BCUT2D eigenvalue weighted by Crippen LogP contribution is -2.13. The molecule has 0 aliphatic rings. The summed E-state index contributed by atoms with van der Waals surface area (Å²) in [6, 6.07) is 9.32. The van der Waals surface area contributed by atoms with E-state index in [0.717, 1.165) is 10.0 Å². The lowest BCUT2D eigenvalue weighted by atomic mass is 10.1.